The zero-order valence-corrected chi connectivity index (χ0v) is 11.2. The average molecular weight is 251 g/mol. The predicted molar refractivity (Wildman–Crippen MR) is 71.8 cm³/mol. The molecule has 1 rings (SSSR count). The molecule has 0 fully saturated rings. The van der Waals surface area contributed by atoms with E-state index in [1.54, 1.807) is 6.07 Å². The van der Waals surface area contributed by atoms with Crippen molar-refractivity contribution in [3.63, 3.8) is 0 Å². The van der Waals surface area contributed by atoms with Crippen LogP contribution in [0.4, 0.5) is 4.39 Å². The van der Waals surface area contributed by atoms with Gasteiger partial charge in [0.25, 0.3) is 0 Å². The molecule has 1 aromatic carbocycles. The molecule has 2 atom stereocenters. The van der Waals surface area contributed by atoms with Gasteiger partial charge in [-0.05, 0) is 43.7 Å². The lowest BCUT2D eigenvalue weighted by Crippen LogP contribution is -2.30. The third-order valence-corrected chi connectivity index (χ3v) is 3.28. The van der Waals surface area contributed by atoms with Crippen LogP contribution in [0.25, 0.3) is 0 Å². The molecular weight excluding hydrogens is 229 g/mol. The van der Waals surface area contributed by atoms with Crippen LogP contribution in [0.1, 0.15) is 38.7 Å². The number of carbonyl (C=O) groups is 1. The van der Waals surface area contributed by atoms with Crippen LogP contribution < -0.4 is 5.73 Å². The molecule has 3 heteroatoms. The average Bonchev–Trinajstić information content (AvgIpc) is 2.31. The number of carbonyl (C=O) groups excluding carboxylic acids is 1. The summed E-state index contributed by atoms with van der Waals surface area (Å²) in [6.07, 6.45) is 3.35. The van der Waals surface area contributed by atoms with Crippen molar-refractivity contribution >= 4 is 5.78 Å². The number of nitrogens with two attached hydrogens (primary N) is 1. The second-order valence-corrected chi connectivity index (χ2v) is 5.04. The van der Waals surface area contributed by atoms with Gasteiger partial charge in [0.2, 0.25) is 0 Å². The van der Waals surface area contributed by atoms with Crippen molar-refractivity contribution in [2.75, 3.05) is 0 Å². The van der Waals surface area contributed by atoms with Crippen LogP contribution in [0, 0.1) is 11.7 Å². The number of halogens is 1. The minimum absolute atomic E-state index is 0.0379. The standard InChI is InChI=1S/C15H22FNO/c1-11(10-15(17)12(2)18)6-5-8-13-7-3-4-9-14(13)16/h3-4,7,9,11,15H,5-6,8,10,17H2,1-2H3/t11-,15-/m0/s1. The monoisotopic (exact) mass is 251 g/mol. The highest BCUT2D eigenvalue weighted by Crippen LogP contribution is 2.16. The van der Waals surface area contributed by atoms with E-state index in [0.717, 1.165) is 24.8 Å². The Bertz CT molecular complexity index is 392. The summed E-state index contributed by atoms with van der Waals surface area (Å²) in [5, 5.41) is 0. The van der Waals surface area contributed by atoms with Crippen LogP contribution >= 0.6 is 0 Å². The lowest BCUT2D eigenvalue weighted by atomic mass is 9.94. The molecule has 0 bridgehead atoms. The van der Waals surface area contributed by atoms with E-state index in [2.05, 4.69) is 6.92 Å². The third kappa shape index (κ3) is 4.96. The topological polar surface area (TPSA) is 43.1 Å². The van der Waals surface area contributed by atoms with E-state index in [0.29, 0.717) is 12.3 Å². The minimum atomic E-state index is -0.353. The fourth-order valence-corrected chi connectivity index (χ4v) is 2.06. The number of aryl methyl sites for hydroxylation is 1. The summed E-state index contributed by atoms with van der Waals surface area (Å²) < 4.78 is 13.4. The fourth-order valence-electron chi connectivity index (χ4n) is 2.06. The van der Waals surface area contributed by atoms with Crippen LogP contribution in [-0.2, 0) is 11.2 Å². The van der Waals surface area contributed by atoms with Crippen molar-refractivity contribution in [2.45, 2.75) is 45.6 Å². The first-order valence-electron chi connectivity index (χ1n) is 6.50. The van der Waals surface area contributed by atoms with Crippen LogP contribution in [0.3, 0.4) is 0 Å². The molecule has 2 N–H and O–H groups in total. The van der Waals surface area contributed by atoms with Crippen molar-refractivity contribution in [3.8, 4) is 0 Å². The first-order chi connectivity index (χ1) is 8.50. The first kappa shape index (κ1) is 14.8. The van der Waals surface area contributed by atoms with Crippen molar-refractivity contribution in [1.82, 2.24) is 0 Å². The van der Waals surface area contributed by atoms with E-state index in [4.69, 9.17) is 5.73 Å². The number of benzene rings is 1. The van der Waals surface area contributed by atoms with E-state index in [-0.39, 0.29) is 17.6 Å². The van der Waals surface area contributed by atoms with Crippen LogP contribution in [0.2, 0.25) is 0 Å². The molecule has 1 aromatic rings. The maximum Gasteiger partial charge on any atom is 0.146 e. The van der Waals surface area contributed by atoms with Gasteiger partial charge in [-0.1, -0.05) is 31.5 Å². The molecule has 0 saturated heterocycles. The smallest absolute Gasteiger partial charge is 0.146 e. The van der Waals surface area contributed by atoms with Crippen LogP contribution in [-0.4, -0.2) is 11.8 Å². The first-order valence-corrected chi connectivity index (χ1v) is 6.50. The molecule has 2 nitrogen and oxygen atoms in total. The summed E-state index contributed by atoms with van der Waals surface area (Å²) >= 11 is 0. The molecule has 0 heterocycles. The van der Waals surface area contributed by atoms with Crippen molar-refractivity contribution in [2.24, 2.45) is 11.7 Å². The number of hydrogen-bond acceptors (Lipinski definition) is 2. The molecule has 0 unspecified atom stereocenters. The normalized spacial score (nSPS) is 14.2. The van der Waals surface area contributed by atoms with Crippen LogP contribution in [0.15, 0.2) is 24.3 Å². The van der Waals surface area contributed by atoms with Gasteiger partial charge in [0.15, 0.2) is 0 Å². The maximum atomic E-state index is 13.4. The zero-order chi connectivity index (χ0) is 13.5. The summed E-state index contributed by atoms with van der Waals surface area (Å²) in [4.78, 5) is 11.0. The van der Waals surface area contributed by atoms with Gasteiger partial charge in [0.1, 0.15) is 11.6 Å². The molecule has 0 aromatic heterocycles. The summed E-state index contributed by atoms with van der Waals surface area (Å²) in [5.74, 6) is 0.303. The van der Waals surface area contributed by atoms with Gasteiger partial charge < -0.3 is 5.73 Å². The Kier molecular flexibility index (Phi) is 5.99. The summed E-state index contributed by atoms with van der Waals surface area (Å²) in [5.41, 5.74) is 6.48. The van der Waals surface area contributed by atoms with Crippen LogP contribution in [0.5, 0.6) is 0 Å². The maximum absolute atomic E-state index is 13.4. The van der Waals surface area contributed by atoms with E-state index >= 15 is 0 Å². The Labute approximate surface area is 108 Å². The SMILES string of the molecule is CC(=O)[C@@H](N)C[C@@H](C)CCCc1ccccc1F. The minimum Gasteiger partial charge on any atom is -0.322 e. The Balaban J connectivity index is 2.30. The lowest BCUT2D eigenvalue weighted by Gasteiger charge is -2.15. The summed E-state index contributed by atoms with van der Waals surface area (Å²) in [6.45, 7) is 3.61. The van der Waals surface area contributed by atoms with Crippen molar-refractivity contribution < 1.29 is 9.18 Å². The molecule has 0 radical (unpaired) electrons. The molecule has 0 amide bonds. The van der Waals surface area contributed by atoms with Gasteiger partial charge in [-0.15, -0.1) is 0 Å². The molecule has 0 spiro atoms. The van der Waals surface area contributed by atoms with Gasteiger partial charge in [-0.3, -0.25) is 4.79 Å². The fraction of sp³-hybridized carbons (Fsp3) is 0.533. The number of Topliss-reactive ketones (excluding diaryl/α,β-unsaturated/α-hetero) is 1. The highest BCUT2D eigenvalue weighted by molar-refractivity contribution is 5.81. The van der Waals surface area contributed by atoms with Gasteiger partial charge in [0, 0.05) is 0 Å². The predicted octanol–water partition coefficient (Wildman–Crippen LogP) is 3.09. The Hall–Kier alpha value is -1.22. The number of rotatable bonds is 7. The third-order valence-electron chi connectivity index (χ3n) is 3.28. The van der Waals surface area contributed by atoms with Gasteiger partial charge in [0.05, 0.1) is 6.04 Å². The largest absolute Gasteiger partial charge is 0.322 e. The summed E-state index contributed by atoms with van der Waals surface area (Å²) in [7, 11) is 0. The van der Waals surface area contributed by atoms with Crippen molar-refractivity contribution in [3.05, 3.63) is 35.6 Å². The molecule has 18 heavy (non-hydrogen) atoms. The highest BCUT2D eigenvalue weighted by atomic mass is 19.1. The molecule has 0 aliphatic carbocycles. The Morgan fingerprint density at radius 3 is 2.67 bits per heavy atom. The quantitative estimate of drug-likeness (QED) is 0.809. The number of hydrogen-bond donors (Lipinski definition) is 1. The lowest BCUT2D eigenvalue weighted by molar-refractivity contribution is -0.118. The molecule has 0 saturated carbocycles. The molecule has 0 aliphatic rings. The zero-order valence-electron chi connectivity index (χ0n) is 11.2. The molecule has 100 valence electrons. The van der Waals surface area contributed by atoms with Gasteiger partial charge >= 0.3 is 0 Å². The Morgan fingerprint density at radius 1 is 1.39 bits per heavy atom. The van der Waals surface area contributed by atoms with Gasteiger partial charge in [-0.2, -0.15) is 0 Å². The summed E-state index contributed by atoms with van der Waals surface area (Å²) in [6, 6.07) is 6.51. The van der Waals surface area contributed by atoms with Crippen molar-refractivity contribution in [1.29, 1.82) is 0 Å². The Morgan fingerprint density at radius 2 is 2.06 bits per heavy atom. The molecular formula is C15H22FNO. The number of ketones is 1. The van der Waals surface area contributed by atoms with E-state index in [1.807, 2.05) is 12.1 Å². The van der Waals surface area contributed by atoms with E-state index in [9.17, 15) is 9.18 Å². The molecule has 0 aliphatic heterocycles. The second-order valence-electron chi connectivity index (χ2n) is 5.04. The van der Waals surface area contributed by atoms with E-state index < -0.39 is 0 Å². The van der Waals surface area contributed by atoms with E-state index in [1.165, 1.54) is 13.0 Å². The van der Waals surface area contributed by atoms with Gasteiger partial charge in [-0.25, -0.2) is 4.39 Å². The highest BCUT2D eigenvalue weighted by Gasteiger charge is 2.13. The second kappa shape index (κ2) is 7.27.